The number of anilines is 1. The van der Waals surface area contributed by atoms with Crippen LogP contribution in [0.4, 0.5) is 5.69 Å². The molecule has 0 saturated heterocycles. The Labute approximate surface area is 115 Å². The Kier molecular flexibility index (Phi) is 4.97. The lowest BCUT2D eigenvalue weighted by atomic mass is 9.85. The Morgan fingerprint density at radius 1 is 1.26 bits per heavy atom. The monoisotopic (exact) mass is 261 g/mol. The number of rotatable bonds is 4. The summed E-state index contributed by atoms with van der Waals surface area (Å²) in [6.45, 7) is 2.00. The standard InChI is InChI=1S/C16H23NO2/c1-12-7-9-14(10-8-12)17-16(19)15(18)11-13-5-3-2-4-6-13/h7-10,13,15,18H,2-6,11H2,1H3,(H,17,19). The van der Waals surface area contributed by atoms with Gasteiger partial charge in [0, 0.05) is 5.69 Å². The highest BCUT2D eigenvalue weighted by Crippen LogP contribution is 2.27. The van der Waals surface area contributed by atoms with E-state index in [0.717, 1.165) is 24.1 Å². The third-order valence-electron chi connectivity index (χ3n) is 3.90. The van der Waals surface area contributed by atoms with Gasteiger partial charge in [-0.2, -0.15) is 0 Å². The fourth-order valence-corrected chi connectivity index (χ4v) is 2.71. The number of carbonyl (C=O) groups excluding carboxylic acids is 1. The summed E-state index contributed by atoms with van der Waals surface area (Å²) in [5.74, 6) is 0.224. The minimum absolute atomic E-state index is 0.283. The summed E-state index contributed by atoms with van der Waals surface area (Å²) in [5, 5.41) is 12.7. The molecule has 3 nitrogen and oxygen atoms in total. The first-order valence-corrected chi connectivity index (χ1v) is 7.21. The Bertz CT molecular complexity index is 407. The van der Waals surface area contributed by atoms with Crippen LogP contribution in [0.15, 0.2) is 24.3 Å². The molecule has 1 fully saturated rings. The molecule has 1 aromatic carbocycles. The molecule has 1 aliphatic rings. The Balaban J connectivity index is 1.83. The van der Waals surface area contributed by atoms with Crippen molar-refractivity contribution in [3.05, 3.63) is 29.8 Å². The second-order valence-electron chi connectivity index (χ2n) is 5.61. The maximum Gasteiger partial charge on any atom is 0.253 e. The van der Waals surface area contributed by atoms with E-state index in [0.29, 0.717) is 12.3 Å². The summed E-state index contributed by atoms with van der Waals surface area (Å²) in [7, 11) is 0. The molecule has 0 aliphatic heterocycles. The van der Waals surface area contributed by atoms with E-state index in [4.69, 9.17) is 0 Å². The summed E-state index contributed by atoms with van der Waals surface area (Å²) >= 11 is 0. The van der Waals surface area contributed by atoms with Crippen molar-refractivity contribution < 1.29 is 9.90 Å². The van der Waals surface area contributed by atoms with Crippen molar-refractivity contribution in [2.24, 2.45) is 5.92 Å². The molecule has 1 unspecified atom stereocenters. The van der Waals surface area contributed by atoms with Gasteiger partial charge in [0.1, 0.15) is 6.10 Å². The molecule has 2 rings (SSSR count). The van der Waals surface area contributed by atoms with Crippen molar-refractivity contribution in [1.82, 2.24) is 0 Å². The summed E-state index contributed by atoms with van der Waals surface area (Å²) in [5.41, 5.74) is 1.90. The zero-order chi connectivity index (χ0) is 13.7. The van der Waals surface area contributed by atoms with Crippen molar-refractivity contribution >= 4 is 11.6 Å². The fourth-order valence-electron chi connectivity index (χ4n) is 2.71. The maximum atomic E-state index is 11.9. The molecule has 1 aromatic rings. The quantitative estimate of drug-likeness (QED) is 0.874. The molecule has 1 aliphatic carbocycles. The van der Waals surface area contributed by atoms with Crippen molar-refractivity contribution in [3.8, 4) is 0 Å². The van der Waals surface area contributed by atoms with Crippen LogP contribution >= 0.6 is 0 Å². The van der Waals surface area contributed by atoms with E-state index < -0.39 is 6.10 Å². The number of amides is 1. The van der Waals surface area contributed by atoms with E-state index >= 15 is 0 Å². The minimum atomic E-state index is -0.885. The molecule has 0 radical (unpaired) electrons. The van der Waals surface area contributed by atoms with Crippen molar-refractivity contribution in [2.75, 3.05) is 5.32 Å². The van der Waals surface area contributed by atoms with Crippen molar-refractivity contribution in [3.63, 3.8) is 0 Å². The molecule has 0 spiro atoms. The minimum Gasteiger partial charge on any atom is -0.383 e. The largest absolute Gasteiger partial charge is 0.383 e. The van der Waals surface area contributed by atoms with Gasteiger partial charge in [-0.1, -0.05) is 49.8 Å². The van der Waals surface area contributed by atoms with Crippen LogP contribution in [-0.2, 0) is 4.79 Å². The lowest BCUT2D eigenvalue weighted by Gasteiger charge is -2.23. The Morgan fingerprint density at radius 2 is 1.89 bits per heavy atom. The van der Waals surface area contributed by atoms with Gasteiger partial charge in [-0.15, -0.1) is 0 Å². The first-order chi connectivity index (χ1) is 9.15. The molecule has 0 heterocycles. The van der Waals surface area contributed by atoms with E-state index in [2.05, 4.69) is 5.32 Å². The number of hydrogen-bond acceptors (Lipinski definition) is 2. The second kappa shape index (κ2) is 6.71. The smallest absolute Gasteiger partial charge is 0.253 e. The molecule has 0 bridgehead atoms. The van der Waals surface area contributed by atoms with E-state index in [9.17, 15) is 9.90 Å². The first kappa shape index (κ1) is 14.1. The van der Waals surface area contributed by atoms with E-state index in [1.54, 1.807) is 0 Å². The highest BCUT2D eigenvalue weighted by molar-refractivity contribution is 5.93. The summed E-state index contributed by atoms with van der Waals surface area (Å²) in [6, 6.07) is 7.62. The van der Waals surface area contributed by atoms with Crippen LogP contribution in [0.25, 0.3) is 0 Å². The van der Waals surface area contributed by atoms with Gasteiger partial charge in [0.25, 0.3) is 5.91 Å². The predicted octanol–water partition coefficient (Wildman–Crippen LogP) is 3.26. The van der Waals surface area contributed by atoms with Gasteiger partial charge in [-0.3, -0.25) is 4.79 Å². The van der Waals surface area contributed by atoms with E-state index in [-0.39, 0.29) is 5.91 Å². The van der Waals surface area contributed by atoms with E-state index in [1.165, 1.54) is 19.3 Å². The average Bonchev–Trinajstić information content (AvgIpc) is 2.42. The summed E-state index contributed by atoms with van der Waals surface area (Å²) < 4.78 is 0. The lowest BCUT2D eigenvalue weighted by molar-refractivity contribution is -0.125. The number of hydrogen-bond donors (Lipinski definition) is 2. The number of aliphatic hydroxyl groups excluding tert-OH is 1. The molecular formula is C16H23NO2. The third kappa shape index (κ3) is 4.35. The van der Waals surface area contributed by atoms with Gasteiger partial charge >= 0.3 is 0 Å². The highest BCUT2D eigenvalue weighted by Gasteiger charge is 2.22. The van der Waals surface area contributed by atoms with Gasteiger partial charge in [0.05, 0.1) is 0 Å². The number of carbonyl (C=O) groups is 1. The molecule has 104 valence electrons. The maximum absolute atomic E-state index is 11.9. The molecule has 2 N–H and O–H groups in total. The van der Waals surface area contributed by atoms with Crippen LogP contribution in [0.2, 0.25) is 0 Å². The fraction of sp³-hybridized carbons (Fsp3) is 0.562. The van der Waals surface area contributed by atoms with Crippen LogP contribution in [0, 0.1) is 12.8 Å². The molecule has 1 atom stereocenters. The number of aliphatic hydroxyl groups is 1. The first-order valence-electron chi connectivity index (χ1n) is 7.21. The van der Waals surface area contributed by atoms with Crippen molar-refractivity contribution in [2.45, 2.75) is 51.6 Å². The van der Waals surface area contributed by atoms with Gasteiger partial charge in [0.15, 0.2) is 0 Å². The molecule has 1 saturated carbocycles. The van der Waals surface area contributed by atoms with Crippen LogP contribution in [0.3, 0.4) is 0 Å². The predicted molar refractivity (Wildman–Crippen MR) is 77.0 cm³/mol. The second-order valence-corrected chi connectivity index (χ2v) is 5.61. The SMILES string of the molecule is Cc1ccc(NC(=O)C(O)CC2CCCCC2)cc1. The van der Waals surface area contributed by atoms with E-state index in [1.807, 2.05) is 31.2 Å². The molecule has 0 aromatic heterocycles. The van der Waals surface area contributed by atoms with Crippen LogP contribution < -0.4 is 5.32 Å². The normalized spacial score (nSPS) is 18.0. The number of nitrogens with one attached hydrogen (secondary N) is 1. The third-order valence-corrected chi connectivity index (χ3v) is 3.90. The Morgan fingerprint density at radius 3 is 2.53 bits per heavy atom. The molecule has 1 amide bonds. The average molecular weight is 261 g/mol. The van der Waals surface area contributed by atoms with Crippen molar-refractivity contribution in [1.29, 1.82) is 0 Å². The number of aryl methyl sites for hydroxylation is 1. The van der Waals surface area contributed by atoms with Crippen LogP contribution in [0.5, 0.6) is 0 Å². The van der Waals surface area contributed by atoms with Gasteiger partial charge in [-0.05, 0) is 31.4 Å². The summed E-state index contributed by atoms with van der Waals surface area (Å²) in [4.78, 5) is 11.9. The lowest BCUT2D eigenvalue weighted by Crippen LogP contribution is -2.30. The zero-order valence-corrected chi connectivity index (χ0v) is 11.6. The molecule has 19 heavy (non-hydrogen) atoms. The summed E-state index contributed by atoms with van der Waals surface area (Å²) in [6.07, 6.45) is 5.77. The highest BCUT2D eigenvalue weighted by atomic mass is 16.3. The number of benzene rings is 1. The molecular weight excluding hydrogens is 238 g/mol. The van der Waals surface area contributed by atoms with Gasteiger partial charge < -0.3 is 10.4 Å². The molecule has 3 heteroatoms. The topological polar surface area (TPSA) is 49.3 Å². The Hall–Kier alpha value is -1.35. The van der Waals surface area contributed by atoms with Crippen LogP contribution in [-0.4, -0.2) is 17.1 Å². The van der Waals surface area contributed by atoms with Gasteiger partial charge in [0.2, 0.25) is 0 Å². The zero-order valence-electron chi connectivity index (χ0n) is 11.6. The van der Waals surface area contributed by atoms with Crippen LogP contribution in [0.1, 0.15) is 44.1 Å². The van der Waals surface area contributed by atoms with Gasteiger partial charge in [-0.25, -0.2) is 0 Å².